The molecule has 0 aromatic carbocycles. The largest absolute Gasteiger partial charge is 0.505 e. The van der Waals surface area contributed by atoms with Crippen molar-refractivity contribution in [2.24, 2.45) is 0 Å². The molecule has 0 unspecified atom stereocenters. The molecule has 1 rings (SSSR count). The first kappa shape index (κ1) is 7.40. The Hall–Kier alpha value is -1.71. The Labute approximate surface area is 62.5 Å². The summed E-state index contributed by atoms with van der Waals surface area (Å²) in [4.78, 5) is 23.9. The standard InChI is InChI=1S/C7H5NO3/c9-3-5-1-2-8-6(4-10)7(5)11/h1-4,11H. The zero-order valence-corrected chi connectivity index (χ0v) is 5.52. The summed E-state index contributed by atoms with van der Waals surface area (Å²) in [6, 6.07) is 1.33. The average Bonchev–Trinajstić information content (AvgIpc) is 2.05. The lowest BCUT2D eigenvalue weighted by molar-refractivity contribution is 0.111. The van der Waals surface area contributed by atoms with Crippen LogP contribution >= 0.6 is 0 Å². The van der Waals surface area contributed by atoms with Crippen LogP contribution in [0.2, 0.25) is 0 Å². The van der Waals surface area contributed by atoms with Crippen LogP contribution in [0.1, 0.15) is 20.8 Å². The molecule has 56 valence electrons. The van der Waals surface area contributed by atoms with Crippen molar-refractivity contribution in [3.63, 3.8) is 0 Å². The summed E-state index contributed by atoms with van der Waals surface area (Å²) in [7, 11) is 0. The fourth-order valence-corrected chi connectivity index (χ4v) is 0.667. The molecule has 0 aliphatic carbocycles. The van der Waals surface area contributed by atoms with Crippen molar-refractivity contribution in [2.45, 2.75) is 0 Å². The number of carbonyl (C=O) groups excluding carboxylic acids is 2. The third-order valence-electron chi connectivity index (χ3n) is 1.22. The maximum absolute atomic E-state index is 10.2. The number of hydrogen-bond donors (Lipinski definition) is 1. The zero-order chi connectivity index (χ0) is 8.27. The molecule has 4 heteroatoms. The number of aromatic nitrogens is 1. The van der Waals surface area contributed by atoms with E-state index < -0.39 is 0 Å². The number of rotatable bonds is 2. The van der Waals surface area contributed by atoms with Gasteiger partial charge in [-0.25, -0.2) is 4.98 Å². The molecule has 0 amide bonds. The average molecular weight is 151 g/mol. The molecule has 0 radical (unpaired) electrons. The van der Waals surface area contributed by atoms with Gasteiger partial charge in [0.25, 0.3) is 0 Å². The van der Waals surface area contributed by atoms with Crippen molar-refractivity contribution in [1.29, 1.82) is 0 Å². The lowest BCUT2D eigenvalue weighted by Gasteiger charge is -1.96. The second-order valence-electron chi connectivity index (χ2n) is 1.87. The number of nitrogens with zero attached hydrogens (tertiary/aromatic N) is 1. The molecule has 0 bridgehead atoms. The number of aldehydes is 2. The fraction of sp³-hybridized carbons (Fsp3) is 0. The lowest BCUT2D eigenvalue weighted by atomic mass is 10.2. The highest BCUT2D eigenvalue weighted by atomic mass is 16.3. The third kappa shape index (κ3) is 1.24. The van der Waals surface area contributed by atoms with E-state index in [0.717, 1.165) is 0 Å². The Balaban J connectivity index is 3.30. The normalized spacial score (nSPS) is 9.09. The number of pyridine rings is 1. The number of hydrogen-bond acceptors (Lipinski definition) is 4. The zero-order valence-electron chi connectivity index (χ0n) is 5.52. The van der Waals surface area contributed by atoms with Gasteiger partial charge in [-0.05, 0) is 6.07 Å². The topological polar surface area (TPSA) is 67.3 Å². The van der Waals surface area contributed by atoms with Gasteiger partial charge in [0.05, 0.1) is 5.56 Å². The summed E-state index contributed by atoms with van der Waals surface area (Å²) < 4.78 is 0. The fourth-order valence-electron chi connectivity index (χ4n) is 0.667. The van der Waals surface area contributed by atoms with Crippen LogP contribution in [0.4, 0.5) is 0 Å². The maximum Gasteiger partial charge on any atom is 0.172 e. The third-order valence-corrected chi connectivity index (χ3v) is 1.22. The van der Waals surface area contributed by atoms with E-state index in [1.54, 1.807) is 0 Å². The minimum absolute atomic E-state index is 0.0714. The minimum atomic E-state index is -0.363. The van der Waals surface area contributed by atoms with Gasteiger partial charge in [-0.3, -0.25) is 9.59 Å². The van der Waals surface area contributed by atoms with Gasteiger partial charge in [-0.2, -0.15) is 0 Å². The van der Waals surface area contributed by atoms with Crippen LogP contribution in [0.25, 0.3) is 0 Å². The van der Waals surface area contributed by atoms with Gasteiger partial charge in [0.2, 0.25) is 0 Å². The monoisotopic (exact) mass is 151 g/mol. The second-order valence-corrected chi connectivity index (χ2v) is 1.87. The summed E-state index contributed by atoms with van der Waals surface area (Å²) in [5.41, 5.74) is -0.0447. The van der Waals surface area contributed by atoms with Crippen LogP contribution in [0, 0.1) is 0 Å². The smallest absolute Gasteiger partial charge is 0.172 e. The van der Waals surface area contributed by atoms with Gasteiger partial charge < -0.3 is 5.11 Å². The van der Waals surface area contributed by atoms with Crippen molar-refractivity contribution >= 4 is 12.6 Å². The molecule has 0 saturated carbocycles. The molecule has 0 fully saturated rings. The van der Waals surface area contributed by atoms with Crippen LogP contribution < -0.4 is 0 Å². The van der Waals surface area contributed by atoms with E-state index in [1.807, 2.05) is 0 Å². The minimum Gasteiger partial charge on any atom is -0.505 e. The Bertz CT molecular complexity index is 269. The van der Waals surface area contributed by atoms with Gasteiger partial charge in [0, 0.05) is 6.20 Å². The Kier molecular flexibility index (Phi) is 1.96. The van der Waals surface area contributed by atoms with Crippen LogP contribution in [0.15, 0.2) is 12.3 Å². The molecule has 0 aliphatic rings. The van der Waals surface area contributed by atoms with E-state index in [2.05, 4.69) is 4.98 Å². The van der Waals surface area contributed by atoms with E-state index in [4.69, 9.17) is 5.11 Å². The van der Waals surface area contributed by atoms with Crippen LogP contribution in [-0.2, 0) is 0 Å². The second kappa shape index (κ2) is 2.92. The van der Waals surface area contributed by atoms with Crippen LogP contribution in [-0.4, -0.2) is 22.7 Å². The van der Waals surface area contributed by atoms with E-state index >= 15 is 0 Å². The van der Waals surface area contributed by atoms with Gasteiger partial charge >= 0.3 is 0 Å². The molecule has 1 aromatic heterocycles. The molecule has 1 heterocycles. The lowest BCUT2D eigenvalue weighted by Crippen LogP contribution is -1.90. The van der Waals surface area contributed by atoms with Gasteiger partial charge in [-0.15, -0.1) is 0 Å². The molecule has 1 N–H and O–H groups in total. The molecule has 1 aromatic rings. The highest BCUT2D eigenvalue weighted by Gasteiger charge is 2.05. The predicted molar refractivity (Wildman–Crippen MR) is 36.7 cm³/mol. The molecule has 11 heavy (non-hydrogen) atoms. The van der Waals surface area contributed by atoms with Gasteiger partial charge in [0.15, 0.2) is 18.3 Å². The highest BCUT2D eigenvalue weighted by Crippen LogP contribution is 2.15. The van der Waals surface area contributed by atoms with Crippen molar-refractivity contribution in [3.8, 4) is 5.75 Å². The van der Waals surface area contributed by atoms with Gasteiger partial charge in [0.1, 0.15) is 5.69 Å². The molecule has 4 nitrogen and oxygen atoms in total. The van der Waals surface area contributed by atoms with Crippen LogP contribution in [0.3, 0.4) is 0 Å². The number of aromatic hydroxyl groups is 1. The van der Waals surface area contributed by atoms with Crippen molar-refractivity contribution in [3.05, 3.63) is 23.5 Å². The highest BCUT2D eigenvalue weighted by molar-refractivity contribution is 5.86. The van der Waals surface area contributed by atoms with E-state index in [9.17, 15) is 9.59 Å². The molecule has 0 atom stereocenters. The quantitative estimate of drug-likeness (QED) is 0.621. The Morgan fingerprint density at radius 3 is 2.64 bits per heavy atom. The summed E-state index contributed by atoms with van der Waals surface area (Å²) >= 11 is 0. The summed E-state index contributed by atoms with van der Waals surface area (Å²) in [6.45, 7) is 0. The first-order valence-electron chi connectivity index (χ1n) is 2.88. The van der Waals surface area contributed by atoms with E-state index in [1.165, 1.54) is 12.3 Å². The molecular formula is C7H5NO3. The van der Waals surface area contributed by atoms with E-state index in [0.29, 0.717) is 12.6 Å². The first-order valence-corrected chi connectivity index (χ1v) is 2.88. The Morgan fingerprint density at radius 2 is 2.09 bits per heavy atom. The molecular weight excluding hydrogens is 146 g/mol. The molecule has 0 spiro atoms. The number of carbonyl (C=O) groups is 2. The predicted octanol–water partition coefficient (Wildman–Crippen LogP) is 0.412. The first-order chi connectivity index (χ1) is 5.29. The SMILES string of the molecule is O=Cc1ccnc(C=O)c1O. The Morgan fingerprint density at radius 1 is 1.36 bits per heavy atom. The van der Waals surface area contributed by atoms with Crippen molar-refractivity contribution < 1.29 is 14.7 Å². The molecule has 0 saturated heterocycles. The van der Waals surface area contributed by atoms with Crippen molar-refractivity contribution in [1.82, 2.24) is 4.98 Å². The summed E-state index contributed by atoms with van der Waals surface area (Å²) in [5, 5.41) is 9.06. The summed E-state index contributed by atoms with van der Waals surface area (Å²) in [5.74, 6) is -0.363. The van der Waals surface area contributed by atoms with Crippen LogP contribution in [0.5, 0.6) is 5.75 Å². The van der Waals surface area contributed by atoms with Crippen molar-refractivity contribution in [2.75, 3.05) is 0 Å². The molecule has 0 aliphatic heterocycles. The maximum atomic E-state index is 10.2. The van der Waals surface area contributed by atoms with Gasteiger partial charge in [-0.1, -0.05) is 0 Å². The van der Waals surface area contributed by atoms with E-state index in [-0.39, 0.29) is 17.0 Å². The summed E-state index contributed by atoms with van der Waals surface area (Å²) in [6.07, 6.45) is 2.14.